The van der Waals surface area contributed by atoms with E-state index in [2.05, 4.69) is 71.9 Å². The molecule has 4 atom stereocenters. The lowest BCUT2D eigenvalue weighted by molar-refractivity contribution is -0.182. The maximum absolute atomic E-state index is 6.18. The maximum Gasteiger partial charge on any atom is 0.0887 e. The van der Waals surface area contributed by atoms with Crippen LogP contribution in [0.25, 0.3) is 0 Å². The molecule has 2 fully saturated rings. The van der Waals surface area contributed by atoms with Crippen molar-refractivity contribution >= 4 is 0 Å². The lowest BCUT2D eigenvalue weighted by atomic mass is 9.58. The number of hydrogen-bond acceptors (Lipinski definition) is 2. The van der Waals surface area contributed by atoms with E-state index in [-0.39, 0.29) is 11.0 Å². The van der Waals surface area contributed by atoms with Gasteiger partial charge in [-0.25, -0.2) is 0 Å². The molecule has 2 aliphatic rings. The number of hydroxylamine groups is 2. The van der Waals surface area contributed by atoms with Crippen molar-refractivity contribution in [3.8, 4) is 0 Å². The molecule has 122 valence electrons. The van der Waals surface area contributed by atoms with Gasteiger partial charge in [0.15, 0.2) is 0 Å². The molecule has 1 aromatic carbocycles. The predicted molar refractivity (Wildman–Crippen MR) is 91.9 cm³/mol. The van der Waals surface area contributed by atoms with Crippen LogP contribution in [-0.2, 0) is 10.3 Å². The molecule has 0 radical (unpaired) electrons. The number of benzene rings is 1. The monoisotopic (exact) mass is 301 g/mol. The highest BCUT2D eigenvalue weighted by Gasteiger charge is 2.55. The van der Waals surface area contributed by atoms with Crippen molar-refractivity contribution in [2.24, 2.45) is 11.8 Å². The van der Waals surface area contributed by atoms with E-state index in [1.165, 1.54) is 24.0 Å². The Bertz CT molecular complexity index is 579. The lowest BCUT2D eigenvalue weighted by Gasteiger charge is -2.47. The highest BCUT2D eigenvalue weighted by atomic mass is 16.7. The van der Waals surface area contributed by atoms with Crippen LogP contribution >= 0.6 is 0 Å². The number of aryl methyl sites for hydroxylation is 2. The van der Waals surface area contributed by atoms with Crippen LogP contribution in [0.2, 0.25) is 0 Å². The van der Waals surface area contributed by atoms with Crippen LogP contribution in [0.15, 0.2) is 18.2 Å². The summed E-state index contributed by atoms with van der Waals surface area (Å²) < 4.78 is 0. The second kappa shape index (κ2) is 5.07. The molecule has 0 aromatic heterocycles. The summed E-state index contributed by atoms with van der Waals surface area (Å²) in [6, 6.07) is 7.48. The molecule has 1 aliphatic carbocycles. The van der Waals surface area contributed by atoms with Gasteiger partial charge >= 0.3 is 0 Å². The molecule has 0 N–H and O–H groups in total. The topological polar surface area (TPSA) is 12.5 Å². The van der Waals surface area contributed by atoms with Gasteiger partial charge in [-0.15, -0.1) is 0 Å². The van der Waals surface area contributed by atoms with Crippen molar-refractivity contribution in [3.63, 3.8) is 0 Å². The number of fused-ring (bicyclic) bond motifs is 1. The van der Waals surface area contributed by atoms with Crippen LogP contribution in [0.5, 0.6) is 0 Å². The average molecular weight is 301 g/mol. The second-order valence-electron chi connectivity index (χ2n) is 8.60. The first-order valence-corrected chi connectivity index (χ1v) is 8.64. The fourth-order valence-corrected chi connectivity index (χ4v) is 5.29. The molecular formula is C20H31NO. The molecule has 0 bridgehead atoms. The van der Waals surface area contributed by atoms with Gasteiger partial charge in [-0.2, -0.15) is 5.06 Å². The standard InChI is InChI=1S/C20H31NO/c1-13-8-9-14(2)16(10-13)20(6)11-15(3)18-17(12-20)19(4,5)22-21(18)7/h8-10,15,17-18H,11-12H2,1-7H3/t15-,17+,18+,20+/m0/s1. The Morgan fingerprint density at radius 1 is 1.14 bits per heavy atom. The zero-order chi connectivity index (χ0) is 16.3. The van der Waals surface area contributed by atoms with E-state index in [1.54, 1.807) is 5.56 Å². The van der Waals surface area contributed by atoms with Crippen molar-refractivity contribution in [1.29, 1.82) is 0 Å². The molecule has 1 aromatic rings. The number of hydrogen-bond donors (Lipinski definition) is 0. The number of rotatable bonds is 1. The van der Waals surface area contributed by atoms with Gasteiger partial charge in [-0.1, -0.05) is 37.6 Å². The van der Waals surface area contributed by atoms with Gasteiger partial charge in [-0.3, -0.25) is 4.84 Å². The summed E-state index contributed by atoms with van der Waals surface area (Å²) in [4.78, 5) is 6.18. The third-order valence-electron chi connectivity index (χ3n) is 6.17. The van der Waals surface area contributed by atoms with E-state index in [0.717, 1.165) is 0 Å². The van der Waals surface area contributed by atoms with Gasteiger partial charge in [0.1, 0.15) is 0 Å². The van der Waals surface area contributed by atoms with Crippen molar-refractivity contribution < 1.29 is 4.84 Å². The predicted octanol–water partition coefficient (Wildman–Crippen LogP) is 4.63. The maximum atomic E-state index is 6.18. The average Bonchev–Trinajstić information content (AvgIpc) is 2.62. The minimum absolute atomic E-state index is 0.0624. The SMILES string of the molecule is Cc1ccc(C)c([C@@]2(C)C[C@@H]3[C@@H]([C@@H](C)C2)N(C)OC3(C)C)c1. The van der Waals surface area contributed by atoms with Gasteiger partial charge in [0, 0.05) is 19.0 Å². The van der Waals surface area contributed by atoms with Crippen LogP contribution in [0, 0.1) is 25.7 Å². The van der Waals surface area contributed by atoms with E-state index in [1.807, 2.05) is 0 Å². The number of nitrogens with zero attached hydrogens (tertiary/aromatic N) is 1. The summed E-state index contributed by atoms with van der Waals surface area (Å²) in [7, 11) is 2.11. The Balaban J connectivity index is 2.01. The van der Waals surface area contributed by atoms with Gasteiger partial charge in [0.25, 0.3) is 0 Å². The first kappa shape index (κ1) is 16.0. The van der Waals surface area contributed by atoms with Crippen molar-refractivity contribution in [2.75, 3.05) is 7.05 Å². The second-order valence-corrected chi connectivity index (χ2v) is 8.60. The molecular weight excluding hydrogens is 270 g/mol. The first-order valence-electron chi connectivity index (χ1n) is 8.64. The molecule has 0 unspecified atom stereocenters. The van der Waals surface area contributed by atoms with Crippen molar-refractivity contribution in [2.45, 2.75) is 71.4 Å². The quantitative estimate of drug-likeness (QED) is 0.750. The van der Waals surface area contributed by atoms with Crippen molar-refractivity contribution in [3.05, 3.63) is 34.9 Å². The molecule has 0 spiro atoms. The molecule has 1 saturated heterocycles. The summed E-state index contributed by atoms with van der Waals surface area (Å²) in [6.45, 7) is 13.9. The summed E-state index contributed by atoms with van der Waals surface area (Å²) in [5.74, 6) is 1.24. The Morgan fingerprint density at radius 3 is 2.50 bits per heavy atom. The Morgan fingerprint density at radius 2 is 1.82 bits per heavy atom. The Labute approximate surface area is 135 Å². The van der Waals surface area contributed by atoms with Gasteiger partial charge < -0.3 is 0 Å². The van der Waals surface area contributed by atoms with Crippen LogP contribution in [-0.4, -0.2) is 23.8 Å². The van der Waals surface area contributed by atoms with E-state index >= 15 is 0 Å². The molecule has 3 rings (SSSR count). The Hall–Kier alpha value is -0.860. The minimum atomic E-state index is -0.0624. The van der Waals surface area contributed by atoms with Gasteiger partial charge in [-0.05, 0) is 63.0 Å². The Kier molecular flexibility index (Phi) is 3.69. The first-order chi connectivity index (χ1) is 10.1. The van der Waals surface area contributed by atoms with Crippen LogP contribution in [0.4, 0.5) is 0 Å². The van der Waals surface area contributed by atoms with E-state index in [9.17, 15) is 0 Å². The van der Waals surface area contributed by atoms with Gasteiger partial charge in [0.05, 0.1) is 5.60 Å². The molecule has 1 aliphatic heterocycles. The van der Waals surface area contributed by atoms with Crippen molar-refractivity contribution in [1.82, 2.24) is 5.06 Å². The molecule has 0 amide bonds. The third-order valence-corrected chi connectivity index (χ3v) is 6.17. The molecule has 1 saturated carbocycles. The highest BCUT2D eigenvalue weighted by molar-refractivity contribution is 5.37. The third kappa shape index (κ3) is 2.41. The minimum Gasteiger partial charge on any atom is -0.293 e. The van der Waals surface area contributed by atoms with Crippen LogP contribution < -0.4 is 0 Å². The van der Waals surface area contributed by atoms with E-state index in [4.69, 9.17) is 4.84 Å². The van der Waals surface area contributed by atoms with Crippen LogP contribution in [0.1, 0.15) is 57.2 Å². The summed E-state index contributed by atoms with van der Waals surface area (Å²) in [5.41, 5.74) is 4.54. The normalized spacial score (nSPS) is 38.0. The van der Waals surface area contributed by atoms with E-state index in [0.29, 0.717) is 17.9 Å². The lowest BCUT2D eigenvalue weighted by Crippen LogP contribution is -2.48. The fourth-order valence-electron chi connectivity index (χ4n) is 5.29. The molecule has 1 heterocycles. The summed E-state index contributed by atoms with van der Waals surface area (Å²) in [6.07, 6.45) is 2.45. The molecule has 2 heteroatoms. The van der Waals surface area contributed by atoms with Crippen LogP contribution in [0.3, 0.4) is 0 Å². The smallest absolute Gasteiger partial charge is 0.0887 e. The van der Waals surface area contributed by atoms with Gasteiger partial charge in [0.2, 0.25) is 0 Å². The summed E-state index contributed by atoms with van der Waals surface area (Å²) >= 11 is 0. The highest BCUT2D eigenvalue weighted by Crippen LogP contribution is 2.53. The summed E-state index contributed by atoms with van der Waals surface area (Å²) in [5, 5.41) is 2.14. The molecule has 22 heavy (non-hydrogen) atoms. The largest absolute Gasteiger partial charge is 0.293 e. The zero-order valence-corrected chi connectivity index (χ0v) is 15.2. The fraction of sp³-hybridized carbons (Fsp3) is 0.700. The molecule has 2 nitrogen and oxygen atoms in total. The van der Waals surface area contributed by atoms with E-state index < -0.39 is 0 Å². The zero-order valence-electron chi connectivity index (χ0n) is 15.2.